The van der Waals surface area contributed by atoms with Crippen LogP contribution in [0.15, 0.2) is 68.0 Å². The van der Waals surface area contributed by atoms with Gasteiger partial charge in [0.25, 0.3) is 5.22 Å². The number of rotatable bonds is 6. The summed E-state index contributed by atoms with van der Waals surface area (Å²) in [5, 5.41) is 14.2. The number of nitrogens with one attached hydrogen (secondary N) is 1. The van der Waals surface area contributed by atoms with Crippen molar-refractivity contribution in [1.29, 1.82) is 0 Å². The van der Waals surface area contributed by atoms with Gasteiger partial charge in [0.05, 0.1) is 11.4 Å². The zero-order valence-electron chi connectivity index (χ0n) is 14.6. The standard InChI is InChI=1S/C19H12BrClN4O2S2/c20-13-5-1-12(2-6-13)17-24-25-19(27-17)29-10-16(26)23-18-22-15(9-28-18)11-3-7-14(21)8-4-11/h1-9H,10H2,(H,22,23,26). The van der Waals surface area contributed by atoms with Crippen molar-refractivity contribution in [1.82, 2.24) is 15.2 Å². The van der Waals surface area contributed by atoms with Crippen LogP contribution in [-0.4, -0.2) is 26.8 Å². The number of amides is 1. The number of aromatic nitrogens is 3. The van der Waals surface area contributed by atoms with Gasteiger partial charge in [0.2, 0.25) is 11.8 Å². The summed E-state index contributed by atoms with van der Waals surface area (Å²) in [5.74, 6) is 0.348. The van der Waals surface area contributed by atoms with Gasteiger partial charge in [0.15, 0.2) is 5.13 Å². The van der Waals surface area contributed by atoms with Crippen LogP contribution < -0.4 is 5.32 Å². The van der Waals surface area contributed by atoms with E-state index in [1.165, 1.54) is 23.1 Å². The number of benzene rings is 2. The highest BCUT2D eigenvalue weighted by Gasteiger charge is 2.13. The number of nitrogens with zero attached hydrogens (tertiary/aromatic N) is 3. The third kappa shape index (κ3) is 5.24. The highest BCUT2D eigenvalue weighted by molar-refractivity contribution is 9.10. The number of carbonyl (C=O) groups is 1. The predicted octanol–water partition coefficient (Wildman–Crippen LogP) is 6.01. The predicted molar refractivity (Wildman–Crippen MR) is 119 cm³/mol. The lowest BCUT2D eigenvalue weighted by Gasteiger charge is -2.00. The molecule has 1 amide bonds. The van der Waals surface area contributed by atoms with Crippen LogP contribution in [0.25, 0.3) is 22.7 Å². The first-order valence-corrected chi connectivity index (χ1v) is 11.3. The maximum Gasteiger partial charge on any atom is 0.277 e. The van der Waals surface area contributed by atoms with Crippen molar-refractivity contribution in [3.8, 4) is 22.7 Å². The highest BCUT2D eigenvalue weighted by atomic mass is 79.9. The zero-order valence-corrected chi connectivity index (χ0v) is 18.6. The van der Waals surface area contributed by atoms with Crippen molar-refractivity contribution in [2.75, 3.05) is 11.1 Å². The Morgan fingerprint density at radius 1 is 1.10 bits per heavy atom. The summed E-state index contributed by atoms with van der Waals surface area (Å²) in [6.45, 7) is 0. The van der Waals surface area contributed by atoms with E-state index < -0.39 is 0 Å². The molecule has 0 saturated carbocycles. The summed E-state index contributed by atoms with van der Waals surface area (Å²) in [6.07, 6.45) is 0. The van der Waals surface area contributed by atoms with Crippen molar-refractivity contribution in [3.05, 3.63) is 63.4 Å². The molecule has 1 N–H and O–H groups in total. The van der Waals surface area contributed by atoms with Crippen LogP contribution >= 0.6 is 50.6 Å². The second-order valence-corrected chi connectivity index (χ2v) is 8.90. The fraction of sp³-hybridized carbons (Fsp3) is 0.0526. The second-order valence-electron chi connectivity index (χ2n) is 5.76. The molecule has 29 heavy (non-hydrogen) atoms. The summed E-state index contributed by atoms with van der Waals surface area (Å²) >= 11 is 11.8. The Morgan fingerprint density at radius 3 is 2.59 bits per heavy atom. The molecule has 2 heterocycles. The van der Waals surface area contributed by atoms with E-state index in [0.29, 0.717) is 21.3 Å². The normalized spacial score (nSPS) is 10.8. The van der Waals surface area contributed by atoms with Crippen molar-refractivity contribution < 1.29 is 9.21 Å². The van der Waals surface area contributed by atoms with Crippen molar-refractivity contribution in [2.24, 2.45) is 0 Å². The van der Waals surface area contributed by atoms with E-state index in [9.17, 15) is 4.79 Å². The van der Waals surface area contributed by atoms with Crippen LogP contribution in [0.1, 0.15) is 0 Å². The summed E-state index contributed by atoms with van der Waals surface area (Å²) in [6, 6.07) is 14.9. The molecule has 2 aromatic carbocycles. The molecule has 4 aromatic rings. The van der Waals surface area contributed by atoms with Gasteiger partial charge in [0.1, 0.15) is 0 Å². The van der Waals surface area contributed by atoms with E-state index in [0.717, 1.165) is 21.3 Å². The van der Waals surface area contributed by atoms with E-state index in [4.69, 9.17) is 16.0 Å². The molecule has 0 aliphatic rings. The lowest BCUT2D eigenvalue weighted by Crippen LogP contribution is -2.13. The largest absolute Gasteiger partial charge is 0.411 e. The van der Waals surface area contributed by atoms with Gasteiger partial charge in [-0.2, -0.15) is 0 Å². The second kappa shape index (κ2) is 9.08. The minimum Gasteiger partial charge on any atom is -0.411 e. The van der Waals surface area contributed by atoms with Crippen molar-refractivity contribution in [3.63, 3.8) is 0 Å². The van der Waals surface area contributed by atoms with Crippen LogP contribution in [0.5, 0.6) is 0 Å². The number of anilines is 1. The molecule has 146 valence electrons. The van der Waals surface area contributed by atoms with Gasteiger partial charge in [-0.05, 0) is 36.4 Å². The topological polar surface area (TPSA) is 80.9 Å². The first kappa shape index (κ1) is 20.1. The van der Waals surface area contributed by atoms with Gasteiger partial charge >= 0.3 is 0 Å². The fourth-order valence-electron chi connectivity index (χ4n) is 2.34. The van der Waals surface area contributed by atoms with Gasteiger partial charge in [-0.15, -0.1) is 21.5 Å². The quantitative estimate of drug-likeness (QED) is 0.322. The van der Waals surface area contributed by atoms with E-state index in [1.807, 2.05) is 41.8 Å². The molecular weight excluding hydrogens is 496 g/mol. The van der Waals surface area contributed by atoms with E-state index in [1.54, 1.807) is 12.1 Å². The van der Waals surface area contributed by atoms with Crippen LogP contribution in [0, 0.1) is 0 Å². The Bertz CT molecular complexity index is 1130. The van der Waals surface area contributed by atoms with Gasteiger partial charge in [-0.25, -0.2) is 4.98 Å². The third-order valence-corrected chi connectivity index (χ3v) is 6.07. The van der Waals surface area contributed by atoms with Gasteiger partial charge < -0.3 is 9.73 Å². The minimum absolute atomic E-state index is 0.137. The average molecular weight is 508 g/mol. The number of carbonyl (C=O) groups excluding carboxylic acids is 1. The van der Waals surface area contributed by atoms with Crippen molar-refractivity contribution >= 4 is 61.7 Å². The smallest absolute Gasteiger partial charge is 0.277 e. The molecule has 0 aliphatic heterocycles. The third-order valence-electron chi connectivity index (χ3n) is 3.71. The summed E-state index contributed by atoms with van der Waals surface area (Å²) in [5.41, 5.74) is 2.53. The van der Waals surface area contributed by atoms with Crippen molar-refractivity contribution in [2.45, 2.75) is 5.22 Å². The Morgan fingerprint density at radius 2 is 1.83 bits per heavy atom. The molecule has 0 fully saturated rings. The number of hydrogen-bond donors (Lipinski definition) is 1. The molecule has 2 aromatic heterocycles. The summed E-state index contributed by atoms with van der Waals surface area (Å²) < 4.78 is 6.57. The molecule has 0 spiro atoms. The Balaban J connectivity index is 1.33. The Kier molecular flexibility index (Phi) is 6.29. The maximum atomic E-state index is 12.2. The number of thioether (sulfide) groups is 1. The van der Waals surface area contributed by atoms with E-state index in [-0.39, 0.29) is 11.7 Å². The Hall–Kier alpha value is -2.20. The molecule has 10 heteroatoms. The molecule has 4 rings (SSSR count). The first-order chi connectivity index (χ1) is 14.1. The fourth-order valence-corrected chi connectivity index (χ4v) is 4.03. The lowest BCUT2D eigenvalue weighted by atomic mass is 10.2. The molecule has 6 nitrogen and oxygen atoms in total. The Labute approximate surface area is 187 Å². The molecule has 0 bridgehead atoms. The average Bonchev–Trinajstić information content (AvgIpc) is 3.37. The number of hydrogen-bond acceptors (Lipinski definition) is 7. The highest BCUT2D eigenvalue weighted by Crippen LogP contribution is 2.27. The SMILES string of the molecule is O=C(CSc1nnc(-c2ccc(Br)cc2)o1)Nc1nc(-c2ccc(Cl)cc2)cs1. The first-order valence-electron chi connectivity index (χ1n) is 8.30. The van der Waals surface area contributed by atoms with Gasteiger partial charge in [-0.3, -0.25) is 4.79 Å². The lowest BCUT2D eigenvalue weighted by molar-refractivity contribution is -0.113. The van der Waals surface area contributed by atoms with Crippen LogP contribution in [0.4, 0.5) is 5.13 Å². The van der Waals surface area contributed by atoms with Gasteiger partial charge in [-0.1, -0.05) is 51.4 Å². The molecule has 0 unspecified atom stereocenters. The van der Waals surface area contributed by atoms with E-state index >= 15 is 0 Å². The zero-order chi connectivity index (χ0) is 20.2. The van der Waals surface area contributed by atoms with Crippen LogP contribution in [0.2, 0.25) is 5.02 Å². The maximum absolute atomic E-state index is 12.2. The number of halogens is 2. The van der Waals surface area contributed by atoms with Crippen LogP contribution in [0.3, 0.4) is 0 Å². The molecule has 0 atom stereocenters. The van der Waals surface area contributed by atoms with Gasteiger partial charge in [0, 0.05) is 26.0 Å². The van der Waals surface area contributed by atoms with E-state index in [2.05, 4.69) is 36.4 Å². The minimum atomic E-state index is -0.199. The monoisotopic (exact) mass is 506 g/mol. The summed E-state index contributed by atoms with van der Waals surface area (Å²) in [4.78, 5) is 16.6. The molecule has 0 saturated heterocycles. The number of thiazole rings is 1. The molecular formula is C19H12BrClN4O2S2. The summed E-state index contributed by atoms with van der Waals surface area (Å²) in [7, 11) is 0. The molecule has 0 aliphatic carbocycles. The van der Waals surface area contributed by atoms with Crippen LogP contribution in [-0.2, 0) is 4.79 Å². The molecule has 0 radical (unpaired) electrons.